The van der Waals surface area contributed by atoms with Crippen molar-refractivity contribution in [2.75, 3.05) is 27.9 Å². The fraction of sp³-hybridized carbons (Fsp3) is 0.882. The van der Waals surface area contributed by atoms with Crippen LogP contribution in [0.4, 0.5) is 0 Å². The third-order valence-electron chi connectivity index (χ3n) is 3.80. The summed E-state index contributed by atoms with van der Waals surface area (Å²) in [5, 5.41) is 0. The highest BCUT2D eigenvalue weighted by Crippen LogP contribution is 2.21. The van der Waals surface area contributed by atoms with Crippen molar-refractivity contribution < 1.29 is 18.9 Å². The molecule has 0 saturated heterocycles. The second-order valence-corrected chi connectivity index (χ2v) is 5.26. The van der Waals surface area contributed by atoms with Crippen LogP contribution in [-0.2, 0) is 18.9 Å². The minimum Gasteiger partial charge on any atom is -0.502 e. The maximum Gasteiger partial charge on any atom is 0.282 e. The molecule has 0 N–H and O–H groups in total. The van der Waals surface area contributed by atoms with Gasteiger partial charge in [0.05, 0.1) is 12.9 Å². The third-order valence-corrected chi connectivity index (χ3v) is 3.80. The van der Waals surface area contributed by atoms with Gasteiger partial charge in [0, 0.05) is 27.8 Å². The smallest absolute Gasteiger partial charge is 0.282 e. The van der Waals surface area contributed by atoms with Crippen molar-refractivity contribution in [3.63, 3.8) is 0 Å². The Morgan fingerprint density at radius 2 is 1.14 bits per heavy atom. The van der Waals surface area contributed by atoms with Gasteiger partial charge in [-0.2, -0.15) is 0 Å². The molecule has 0 aromatic rings. The molecule has 0 unspecified atom stereocenters. The van der Waals surface area contributed by atoms with Gasteiger partial charge in [0.15, 0.2) is 0 Å². The number of ether oxygens (including phenoxy) is 4. The topological polar surface area (TPSA) is 36.9 Å². The highest BCUT2D eigenvalue weighted by atomic mass is 16.9. The van der Waals surface area contributed by atoms with Crippen LogP contribution < -0.4 is 0 Å². The van der Waals surface area contributed by atoms with E-state index in [0.717, 1.165) is 25.9 Å². The highest BCUT2D eigenvalue weighted by molar-refractivity contribution is 4.57. The molecule has 0 aromatic carbocycles. The van der Waals surface area contributed by atoms with Crippen molar-refractivity contribution >= 4 is 0 Å². The van der Waals surface area contributed by atoms with Gasteiger partial charge in [0.25, 0.3) is 5.97 Å². The molecule has 0 aliphatic rings. The van der Waals surface area contributed by atoms with Crippen molar-refractivity contribution in [3.8, 4) is 0 Å². The summed E-state index contributed by atoms with van der Waals surface area (Å²) in [7, 11) is 4.85. The molecule has 0 atom stereocenters. The van der Waals surface area contributed by atoms with Crippen LogP contribution in [0.5, 0.6) is 0 Å². The van der Waals surface area contributed by atoms with Crippen LogP contribution >= 0.6 is 0 Å². The third kappa shape index (κ3) is 10.7. The molecule has 4 heteroatoms. The molecule has 0 bridgehead atoms. The molecule has 0 spiro atoms. The Morgan fingerprint density at radius 3 is 1.57 bits per heavy atom. The van der Waals surface area contributed by atoms with E-state index in [-0.39, 0.29) is 0 Å². The number of rotatable bonds is 16. The molecule has 0 radical (unpaired) electrons. The zero-order chi connectivity index (χ0) is 15.8. The van der Waals surface area contributed by atoms with E-state index < -0.39 is 5.97 Å². The van der Waals surface area contributed by atoms with E-state index in [1.54, 1.807) is 21.3 Å². The first-order valence-corrected chi connectivity index (χ1v) is 8.12. The standard InChI is InChI=1S/C17H34O4/c1-5-21-16-14-12-10-8-6-7-9-11-13-15-17(18-2,19-3)20-4/h5H,1,6-16H2,2-4H3. The number of methoxy groups -OCH3 is 3. The van der Waals surface area contributed by atoms with Crippen molar-refractivity contribution in [1.29, 1.82) is 0 Å². The molecule has 0 heterocycles. The summed E-state index contributed by atoms with van der Waals surface area (Å²) in [6.45, 7) is 4.34. The largest absolute Gasteiger partial charge is 0.502 e. The zero-order valence-corrected chi connectivity index (χ0v) is 14.2. The first-order valence-electron chi connectivity index (χ1n) is 8.12. The Labute approximate surface area is 130 Å². The number of hydrogen-bond donors (Lipinski definition) is 0. The highest BCUT2D eigenvalue weighted by Gasteiger charge is 2.28. The summed E-state index contributed by atoms with van der Waals surface area (Å²) >= 11 is 0. The number of hydrogen-bond acceptors (Lipinski definition) is 4. The van der Waals surface area contributed by atoms with E-state index in [1.165, 1.54) is 51.2 Å². The average molecular weight is 302 g/mol. The molecule has 0 amide bonds. The normalized spacial score (nSPS) is 11.6. The Bertz CT molecular complexity index is 219. The van der Waals surface area contributed by atoms with Gasteiger partial charge in [-0.3, -0.25) is 0 Å². The van der Waals surface area contributed by atoms with Crippen LogP contribution in [0.3, 0.4) is 0 Å². The van der Waals surface area contributed by atoms with Gasteiger partial charge in [-0.05, 0) is 12.8 Å². The van der Waals surface area contributed by atoms with Crippen LogP contribution in [0, 0.1) is 0 Å². The molecule has 0 fully saturated rings. The number of unbranched alkanes of at least 4 members (excludes halogenated alkanes) is 8. The molecule has 21 heavy (non-hydrogen) atoms. The summed E-state index contributed by atoms with van der Waals surface area (Å²) < 4.78 is 20.9. The van der Waals surface area contributed by atoms with E-state index in [1.807, 2.05) is 0 Å². The van der Waals surface area contributed by atoms with E-state index in [0.29, 0.717) is 0 Å². The van der Waals surface area contributed by atoms with E-state index >= 15 is 0 Å². The summed E-state index contributed by atoms with van der Waals surface area (Å²) in [6.07, 6.45) is 13.5. The summed E-state index contributed by atoms with van der Waals surface area (Å²) in [5.74, 6) is -0.854. The monoisotopic (exact) mass is 302 g/mol. The van der Waals surface area contributed by atoms with Gasteiger partial charge in [0.2, 0.25) is 0 Å². The molecule has 126 valence electrons. The minimum atomic E-state index is -0.854. The summed E-state index contributed by atoms with van der Waals surface area (Å²) in [5.41, 5.74) is 0. The van der Waals surface area contributed by atoms with Gasteiger partial charge in [-0.25, -0.2) is 0 Å². The molecule has 4 nitrogen and oxygen atoms in total. The van der Waals surface area contributed by atoms with Crippen molar-refractivity contribution in [3.05, 3.63) is 12.8 Å². The lowest BCUT2D eigenvalue weighted by atomic mass is 10.1. The lowest BCUT2D eigenvalue weighted by Gasteiger charge is -2.28. The summed E-state index contributed by atoms with van der Waals surface area (Å²) in [4.78, 5) is 0. The van der Waals surface area contributed by atoms with Crippen molar-refractivity contribution in [2.24, 2.45) is 0 Å². The van der Waals surface area contributed by atoms with Gasteiger partial charge in [-0.1, -0.05) is 51.5 Å². The Hall–Kier alpha value is -0.580. The maximum absolute atomic E-state index is 5.28. The van der Waals surface area contributed by atoms with Crippen molar-refractivity contribution in [1.82, 2.24) is 0 Å². The van der Waals surface area contributed by atoms with E-state index in [4.69, 9.17) is 18.9 Å². The molecular weight excluding hydrogens is 268 g/mol. The van der Waals surface area contributed by atoms with E-state index in [9.17, 15) is 0 Å². The molecule has 0 aromatic heterocycles. The first kappa shape index (κ1) is 20.4. The van der Waals surface area contributed by atoms with Gasteiger partial charge in [-0.15, -0.1) is 0 Å². The van der Waals surface area contributed by atoms with Gasteiger partial charge < -0.3 is 18.9 Å². The second-order valence-electron chi connectivity index (χ2n) is 5.26. The molecule has 0 rings (SSSR count). The van der Waals surface area contributed by atoms with Crippen LogP contribution in [-0.4, -0.2) is 33.9 Å². The van der Waals surface area contributed by atoms with Gasteiger partial charge in [0.1, 0.15) is 0 Å². The second kappa shape index (κ2) is 14.4. The summed E-state index contributed by atoms with van der Waals surface area (Å²) in [6, 6.07) is 0. The zero-order valence-electron chi connectivity index (χ0n) is 14.2. The lowest BCUT2D eigenvalue weighted by Crippen LogP contribution is -2.35. The average Bonchev–Trinajstić information content (AvgIpc) is 2.53. The molecular formula is C17H34O4. The van der Waals surface area contributed by atoms with Gasteiger partial charge >= 0.3 is 0 Å². The Morgan fingerprint density at radius 1 is 0.714 bits per heavy atom. The van der Waals surface area contributed by atoms with Crippen LogP contribution in [0.15, 0.2) is 12.8 Å². The SMILES string of the molecule is C=COCCCCCCCCCCCC(OC)(OC)OC. The van der Waals surface area contributed by atoms with Crippen LogP contribution in [0.2, 0.25) is 0 Å². The Kier molecular flexibility index (Phi) is 14.0. The molecule has 0 aliphatic carbocycles. The molecule has 0 saturated carbocycles. The Balaban J connectivity index is 3.31. The fourth-order valence-electron chi connectivity index (χ4n) is 2.40. The lowest BCUT2D eigenvalue weighted by molar-refractivity contribution is -0.355. The van der Waals surface area contributed by atoms with E-state index in [2.05, 4.69) is 6.58 Å². The predicted octanol–water partition coefficient (Wildman–Crippen LogP) is 4.64. The predicted molar refractivity (Wildman–Crippen MR) is 86.1 cm³/mol. The maximum atomic E-state index is 5.28. The van der Waals surface area contributed by atoms with Crippen LogP contribution in [0.1, 0.15) is 64.2 Å². The fourth-order valence-corrected chi connectivity index (χ4v) is 2.40. The minimum absolute atomic E-state index is 0.778. The quantitative estimate of drug-likeness (QED) is 0.236. The van der Waals surface area contributed by atoms with Crippen LogP contribution in [0.25, 0.3) is 0 Å². The molecule has 0 aliphatic heterocycles. The van der Waals surface area contributed by atoms with Crippen molar-refractivity contribution in [2.45, 2.75) is 70.2 Å². The first-order chi connectivity index (χ1) is 10.2.